The minimum absolute atomic E-state index is 0.125. The van der Waals surface area contributed by atoms with Gasteiger partial charge in [-0.05, 0) is 44.0 Å². The first-order valence-corrected chi connectivity index (χ1v) is 9.95. The van der Waals surface area contributed by atoms with Gasteiger partial charge in [-0.25, -0.2) is 4.98 Å². The monoisotopic (exact) mass is 393 g/mol. The lowest BCUT2D eigenvalue weighted by atomic mass is 10.1. The molecule has 0 radical (unpaired) electrons. The van der Waals surface area contributed by atoms with Crippen LogP contribution in [0.4, 0.5) is 0 Å². The first-order valence-electron chi connectivity index (χ1n) is 9.07. The zero-order valence-corrected chi connectivity index (χ0v) is 17.0. The van der Waals surface area contributed by atoms with Crippen molar-refractivity contribution in [2.45, 2.75) is 31.2 Å². The summed E-state index contributed by atoms with van der Waals surface area (Å²) in [5.74, 6) is -0.125. The van der Waals surface area contributed by atoms with E-state index >= 15 is 0 Å². The van der Waals surface area contributed by atoms with Gasteiger partial charge >= 0.3 is 0 Å². The molecule has 5 nitrogen and oxygen atoms in total. The normalized spacial score (nSPS) is 12.0. The highest BCUT2D eigenvalue weighted by atomic mass is 32.2. The number of thioether (sulfide) groups is 1. The Morgan fingerprint density at radius 3 is 2.57 bits per heavy atom. The number of hydrogen-bond donors (Lipinski definition) is 1. The van der Waals surface area contributed by atoms with E-state index in [9.17, 15) is 9.59 Å². The molecule has 1 heterocycles. The molecule has 0 unspecified atom stereocenters. The van der Waals surface area contributed by atoms with Gasteiger partial charge in [0.1, 0.15) is 0 Å². The SMILES string of the molecule is C=CCNC(=O)[C@H](C)Sc1nc2ccccc2c(=O)n1-c1c(C)cccc1C. The molecule has 1 aromatic heterocycles. The van der Waals surface area contributed by atoms with Crippen molar-refractivity contribution in [3.05, 3.63) is 76.6 Å². The van der Waals surface area contributed by atoms with Crippen molar-refractivity contribution < 1.29 is 4.79 Å². The highest BCUT2D eigenvalue weighted by Gasteiger charge is 2.21. The Morgan fingerprint density at radius 1 is 1.21 bits per heavy atom. The zero-order chi connectivity index (χ0) is 20.3. The second kappa shape index (κ2) is 8.44. The largest absolute Gasteiger partial charge is 0.352 e. The van der Waals surface area contributed by atoms with Gasteiger partial charge in [0.25, 0.3) is 5.56 Å². The highest BCUT2D eigenvalue weighted by Crippen LogP contribution is 2.27. The van der Waals surface area contributed by atoms with Crippen LogP contribution in [0.15, 0.2) is 65.1 Å². The smallest absolute Gasteiger partial charge is 0.266 e. The van der Waals surface area contributed by atoms with Gasteiger partial charge in [-0.15, -0.1) is 6.58 Å². The minimum atomic E-state index is -0.413. The number of rotatable bonds is 6. The van der Waals surface area contributed by atoms with Crippen molar-refractivity contribution in [2.75, 3.05) is 6.54 Å². The summed E-state index contributed by atoms with van der Waals surface area (Å²) < 4.78 is 1.63. The molecule has 144 valence electrons. The zero-order valence-electron chi connectivity index (χ0n) is 16.2. The molecule has 0 aliphatic rings. The van der Waals surface area contributed by atoms with E-state index in [2.05, 4.69) is 11.9 Å². The Balaban J connectivity index is 2.19. The molecule has 0 fully saturated rings. The summed E-state index contributed by atoms with van der Waals surface area (Å²) in [6.07, 6.45) is 1.64. The molecule has 2 aromatic carbocycles. The molecule has 0 saturated carbocycles. The van der Waals surface area contributed by atoms with Gasteiger partial charge in [-0.1, -0.05) is 48.2 Å². The topological polar surface area (TPSA) is 64.0 Å². The van der Waals surface area contributed by atoms with Crippen LogP contribution >= 0.6 is 11.8 Å². The van der Waals surface area contributed by atoms with Crippen molar-refractivity contribution in [1.82, 2.24) is 14.9 Å². The third-order valence-corrected chi connectivity index (χ3v) is 5.53. The predicted octanol–water partition coefficient (Wildman–Crippen LogP) is 3.79. The molecule has 0 aliphatic heterocycles. The van der Waals surface area contributed by atoms with E-state index in [1.165, 1.54) is 11.8 Å². The Labute approximate surface area is 168 Å². The second-order valence-corrected chi connectivity index (χ2v) is 7.89. The number of aryl methyl sites for hydroxylation is 2. The van der Waals surface area contributed by atoms with Gasteiger partial charge in [0.15, 0.2) is 5.16 Å². The number of nitrogens with zero attached hydrogens (tertiary/aromatic N) is 2. The van der Waals surface area contributed by atoms with E-state index in [4.69, 9.17) is 4.98 Å². The van der Waals surface area contributed by atoms with Crippen LogP contribution in [-0.2, 0) is 4.79 Å². The molecule has 0 saturated heterocycles. The molecule has 1 N–H and O–H groups in total. The van der Waals surface area contributed by atoms with Crippen LogP contribution in [0.2, 0.25) is 0 Å². The van der Waals surface area contributed by atoms with Gasteiger partial charge in [0.05, 0.1) is 21.8 Å². The first kappa shape index (κ1) is 19.9. The first-order chi connectivity index (χ1) is 13.4. The molecule has 3 rings (SSSR count). The van der Waals surface area contributed by atoms with Crippen LogP contribution in [0.1, 0.15) is 18.1 Å². The minimum Gasteiger partial charge on any atom is -0.352 e. The lowest BCUT2D eigenvalue weighted by Crippen LogP contribution is -2.32. The highest BCUT2D eigenvalue weighted by molar-refractivity contribution is 8.00. The molecule has 6 heteroatoms. The third kappa shape index (κ3) is 3.87. The number of amides is 1. The molecule has 0 bridgehead atoms. The van der Waals surface area contributed by atoms with Crippen molar-refractivity contribution in [2.24, 2.45) is 0 Å². The number of benzene rings is 2. The van der Waals surface area contributed by atoms with Gasteiger partial charge in [0, 0.05) is 6.54 Å². The Hall–Kier alpha value is -2.86. The molecule has 3 aromatic rings. The van der Waals surface area contributed by atoms with Crippen LogP contribution in [0, 0.1) is 13.8 Å². The van der Waals surface area contributed by atoms with Crippen molar-refractivity contribution >= 4 is 28.6 Å². The van der Waals surface area contributed by atoms with Crippen LogP contribution < -0.4 is 10.9 Å². The standard InChI is InChI=1S/C22H23N3O2S/c1-5-13-23-20(26)16(4)28-22-24-18-12-7-6-11-17(18)21(27)25(22)19-14(2)9-8-10-15(19)3/h5-12,16H,1,13H2,2-4H3,(H,23,26)/t16-/m0/s1. The fourth-order valence-corrected chi connectivity index (χ4v) is 4.01. The van der Waals surface area contributed by atoms with Gasteiger partial charge in [-0.2, -0.15) is 0 Å². The van der Waals surface area contributed by atoms with E-state index in [0.717, 1.165) is 16.8 Å². The number of para-hydroxylation sites is 2. The van der Waals surface area contributed by atoms with Crippen molar-refractivity contribution in [3.63, 3.8) is 0 Å². The summed E-state index contributed by atoms with van der Waals surface area (Å²) in [5.41, 5.74) is 3.25. The van der Waals surface area contributed by atoms with E-state index in [1.807, 2.05) is 50.2 Å². The number of nitrogens with one attached hydrogen (secondary N) is 1. The number of aromatic nitrogens is 2. The van der Waals surface area contributed by atoms with Gasteiger partial charge < -0.3 is 5.32 Å². The number of fused-ring (bicyclic) bond motifs is 1. The van der Waals surface area contributed by atoms with Crippen molar-refractivity contribution in [1.29, 1.82) is 0 Å². The summed E-state index contributed by atoms with van der Waals surface area (Å²) in [6, 6.07) is 13.2. The fraction of sp³-hybridized carbons (Fsp3) is 0.227. The Bertz CT molecular complexity index is 1080. The summed E-state index contributed by atoms with van der Waals surface area (Å²) in [6.45, 7) is 9.76. The maximum Gasteiger partial charge on any atom is 0.266 e. The van der Waals surface area contributed by atoms with Crippen LogP contribution in [0.5, 0.6) is 0 Å². The average molecular weight is 394 g/mol. The third-order valence-electron chi connectivity index (χ3n) is 4.48. The Kier molecular flexibility index (Phi) is 5.99. The predicted molar refractivity (Wildman–Crippen MR) is 115 cm³/mol. The molecule has 28 heavy (non-hydrogen) atoms. The molecule has 0 spiro atoms. The Morgan fingerprint density at radius 2 is 1.89 bits per heavy atom. The van der Waals surface area contributed by atoms with E-state index in [1.54, 1.807) is 23.6 Å². The maximum atomic E-state index is 13.4. The van der Waals surface area contributed by atoms with E-state index in [0.29, 0.717) is 22.6 Å². The number of carbonyl (C=O) groups is 1. The lowest BCUT2D eigenvalue weighted by Gasteiger charge is -2.19. The number of carbonyl (C=O) groups excluding carboxylic acids is 1. The van der Waals surface area contributed by atoms with Crippen LogP contribution in [0.3, 0.4) is 0 Å². The quantitative estimate of drug-likeness (QED) is 0.393. The maximum absolute atomic E-state index is 13.4. The van der Waals surface area contributed by atoms with Gasteiger partial charge in [0.2, 0.25) is 5.91 Å². The number of hydrogen-bond acceptors (Lipinski definition) is 4. The lowest BCUT2D eigenvalue weighted by molar-refractivity contribution is -0.120. The van der Waals surface area contributed by atoms with E-state index < -0.39 is 5.25 Å². The van der Waals surface area contributed by atoms with E-state index in [-0.39, 0.29) is 11.5 Å². The summed E-state index contributed by atoms with van der Waals surface area (Å²) in [5, 5.41) is 3.44. The summed E-state index contributed by atoms with van der Waals surface area (Å²) in [7, 11) is 0. The van der Waals surface area contributed by atoms with Crippen LogP contribution in [0.25, 0.3) is 16.6 Å². The molecule has 0 aliphatic carbocycles. The molecular formula is C22H23N3O2S. The summed E-state index contributed by atoms with van der Waals surface area (Å²) in [4.78, 5) is 30.4. The van der Waals surface area contributed by atoms with Gasteiger partial charge in [-0.3, -0.25) is 14.2 Å². The second-order valence-electron chi connectivity index (χ2n) is 6.59. The molecular weight excluding hydrogens is 370 g/mol. The van der Waals surface area contributed by atoms with Crippen molar-refractivity contribution in [3.8, 4) is 5.69 Å². The molecule has 1 atom stereocenters. The summed E-state index contributed by atoms with van der Waals surface area (Å²) >= 11 is 1.28. The van der Waals surface area contributed by atoms with Crippen LogP contribution in [-0.4, -0.2) is 27.3 Å². The average Bonchev–Trinajstić information content (AvgIpc) is 2.68. The fourth-order valence-electron chi connectivity index (χ4n) is 3.08. The molecule has 1 amide bonds.